The summed E-state index contributed by atoms with van der Waals surface area (Å²) in [5, 5.41) is 0.210. The second-order valence-corrected chi connectivity index (χ2v) is 5.37. The van der Waals surface area contributed by atoms with Crippen LogP contribution in [0.15, 0.2) is 17.2 Å². The lowest BCUT2D eigenvalue weighted by atomic mass is 10.5. The van der Waals surface area contributed by atoms with Crippen molar-refractivity contribution in [1.29, 1.82) is 0 Å². The Labute approximate surface area is 98.7 Å². The molecule has 0 bridgehead atoms. The van der Waals surface area contributed by atoms with Crippen molar-refractivity contribution in [2.45, 2.75) is 18.2 Å². The Bertz CT molecular complexity index is 448. The van der Waals surface area contributed by atoms with Crippen molar-refractivity contribution in [2.75, 3.05) is 6.54 Å². The summed E-state index contributed by atoms with van der Waals surface area (Å²) in [5.41, 5.74) is 0. The van der Waals surface area contributed by atoms with Crippen LogP contribution in [0.3, 0.4) is 0 Å². The summed E-state index contributed by atoms with van der Waals surface area (Å²) < 4.78 is 25.6. The molecule has 1 heterocycles. The second kappa shape index (κ2) is 5.12. The van der Waals surface area contributed by atoms with Gasteiger partial charge in [-0.3, -0.25) is 0 Å². The SMILES string of the molecule is CCCNS(=O)(=O)c1cnc(Cl)c(Cl)c1. The molecule has 0 aliphatic rings. The fourth-order valence-corrected chi connectivity index (χ4v) is 2.31. The van der Waals surface area contributed by atoms with Gasteiger partial charge in [0.2, 0.25) is 10.0 Å². The molecule has 7 heteroatoms. The Kier molecular flexibility index (Phi) is 4.33. The molecule has 1 N–H and O–H groups in total. The normalized spacial score (nSPS) is 11.7. The van der Waals surface area contributed by atoms with Crippen LogP contribution in [-0.2, 0) is 10.0 Å². The van der Waals surface area contributed by atoms with Crippen molar-refractivity contribution >= 4 is 33.2 Å². The van der Waals surface area contributed by atoms with E-state index in [1.807, 2.05) is 6.92 Å². The third-order valence-electron chi connectivity index (χ3n) is 1.62. The quantitative estimate of drug-likeness (QED) is 0.851. The number of hydrogen-bond acceptors (Lipinski definition) is 3. The highest BCUT2D eigenvalue weighted by Gasteiger charge is 2.14. The van der Waals surface area contributed by atoms with Crippen molar-refractivity contribution in [1.82, 2.24) is 9.71 Å². The number of sulfonamides is 1. The van der Waals surface area contributed by atoms with Crippen LogP contribution in [0.5, 0.6) is 0 Å². The van der Waals surface area contributed by atoms with Crippen molar-refractivity contribution in [3.63, 3.8) is 0 Å². The lowest BCUT2D eigenvalue weighted by molar-refractivity contribution is 0.580. The van der Waals surface area contributed by atoms with E-state index in [2.05, 4.69) is 9.71 Å². The van der Waals surface area contributed by atoms with Crippen LogP contribution in [0, 0.1) is 0 Å². The zero-order valence-corrected chi connectivity index (χ0v) is 10.3. The summed E-state index contributed by atoms with van der Waals surface area (Å²) >= 11 is 11.2. The van der Waals surface area contributed by atoms with E-state index in [-0.39, 0.29) is 15.1 Å². The predicted octanol–water partition coefficient (Wildman–Crippen LogP) is 2.08. The van der Waals surface area contributed by atoms with E-state index in [1.54, 1.807) is 0 Å². The Morgan fingerprint density at radius 1 is 1.47 bits per heavy atom. The standard InChI is InChI=1S/C8H10Cl2N2O2S/c1-2-3-12-15(13,14)6-4-7(9)8(10)11-5-6/h4-5,12H,2-3H2,1H3. The van der Waals surface area contributed by atoms with E-state index in [1.165, 1.54) is 12.3 Å². The summed E-state index contributed by atoms with van der Waals surface area (Å²) in [6, 6.07) is 1.27. The first-order chi connectivity index (χ1) is 6.97. The van der Waals surface area contributed by atoms with E-state index in [0.717, 1.165) is 0 Å². The maximum atomic E-state index is 11.6. The van der Waals surface area contributed by atoms with Gasteiger partial charge in [-0.15, -0.1) is 0 Å². The van der Waals surface area contributed by atoms with Crippen LogP contribution in [0.25, 0.3) is 0 Å². The molecule has 1 rings (SSSR count). The molecule has 0 fully saturated rings. The highest BCUT2D eigenvalue weighted by Crippen LogP contribution is 2.21. The average molecular weight is 269 g/mol. The Balaban J connectivity index is 3.00. The molecule has 0 aliphatic carbocycles. The number of hydrogen-bond donors (Lipinski definition) is 1. The molecule has 0 saturated heterocycles. The number of pyridine rings is 1. The topological polar surface area (TPSA) is 59.1 Å². The molecule has 1 aromatic heterocycles. The third-order valence-corrected chi connectivity index (χ3v) is 3.74. The molecule has 0 radical (unpaired) electrons. The summed E-state index contributed by atoms with van der Waals surface area (Å²) in [7, 11) is -3.52. The summed E-state index contributed by atoms with van der Waals surface area (Å²) in [6.45, 7) is 2.25. The number of nitrogens with zero attached hydrogens (tertiary/aromatic N) is 1. The zero-order chi connectivity index (χ0) is 11.5. The van der Waals surface area contributed by atoms with Gasteiger partial charge in [0.05, 0.1) is 5.02 Å². The van der Waals surface area contributed by atoms with Crippen LogP contribution >= 0.6 is 23.2 Å². The molecule has 0 aromatic carbocycles. The van der Waals surface area contributed by atoms with Gasteiger partial charge in [0.15, 0.2) is 0 Å². The molecule has 0 aliphatic heterocycles. The van der Waals surface area contributed by atoms with Gasteiger partial charge in [-0.2, -0.15) is 0 Å². The van der Waals surface area contributed by atoms with Gasteiger partial charge >= 0.3 is 0 Å². The molecule has 0 unspecified atom stereocenters. The molecule has 15 heavy (non-hydrogen) atoms. The lowest BCUT2D eigenvalue weighted by Crippen LogP contribution is -2.24. The molecule has 1 aromatic rings. The number of aromatic nitrogens is 1. The van der Waals surface area contributed by atoms with Crippen LogP contribution in [0.1, 0.15) is 13.3 Å². The minimum Gasteiger partial charge on any atom is -0.242 e. The Morgan fingerprint density at radius 3 is 2.67 bits per heavy atom. The van der Waals surface area contributed by atoms with E-state index in [9.17, 15) is 8.42 Å². The number of rotatable bonds is 4. The first-order valence-electron chi connectivity index (χ1n) is 4.28. The van der Waals surface area contributed by atoms with Gasteiger partial charge in [0.25, 0.3) is 0 Å². The molecule has 0 amide bonds. The minimum absolute atomic E-state index is 0.0188. The Hall–Kier alpha value is -0.360. The van der Waals surface area contributed by atoms with Crippen LogP contribution in [-0.4, -0.2) is 19.9 Å². The largest absolute Gasteiger partial charge is 0.242 e. The lowest BCUT2D eigenvalue weighted by Gasteiger charge is -2.05. The van der Waals surface area contributed by atoms with Crippen molar-refractivity contribution in [3.05, 3.63) is 22.4 Å². The fourth-order valence-electron chi connectivity index (χ4n) is 0.870. The monoisotopic (exact) mass is 268 g/mol. The highest BCUT2D eigenvalue weighted by atomic mass is 35.5. The molecular weight excluding hydrogens is 259 g/mol. The van der Waals surface area contributed by atoms with Gasteiger partial charge in [-0.1, -0.05) is 30.1 Å². The van der Waals surface area contributed by atoms with E-state index >= 15 is 0 Å². The predicted molar refractivity (Wildman–Crippen MR) is 59.7 cm³/mol. The van der Waals surface area contributed by atoms with Gasteiger partial charge in [0.1, 0.15) is 10.0 Å². The third kappa shape index (κ3) is 3.31. The smallest absolute Gasteiger partial charge is 0.242 e. The second-order valence-electron chi connectivity index (χ2n) is 2.84. The maximum absolute atomic E-state index is 11.6. The summed E-state index contributed by atoms with van der Waals surface area (Å²) in [5.74, 6) is 0. The molecule has 0 saturated carbocycles. The van der Waals surface area contributed by atoms with Gasteiger partial charge in [-0.25, -0.2) is 18.1 Å². The van der Waals surface area contributed by atoms with Crippen molar-refractivity contribution in [3.8, 4) is 0 Å². The van der Waals surface area contributed by atoms with Crippen LogP contribution < -0.4 is 4.72 Å². The maximum Gasteiger partial charge on any atom is 0.242 e. The van der Waals surface area contributed by atoms with Crippen LogP contribution in [0.4, 0.5) is 0 Å². The fraction of sp³-hybridized carbons (Fsp3) is 0.375. The average Bonchev–Trinajstić information content (AvgIpc) is 2.19. The minimum atomic E-state index is -3.52. The molecule has 0 atom stereocenters. The number of halogens is 2. The summed E-state index contributed by atoms with van der Waals surface area (Å²) in [6.07, 6.45) is 1.89. The molecule has 84 valence electrons. The molecule has 0 spiro atoms. The van der Waals surface area contributed by atoms with E-state index < -0.39 is 10.0 Å². The first-order valence-corrected chi connectivity index (χ1v) is 6.52. The Morgan fingerprint density at radius 2 is 2.13 bits per heavy atom. The van der Waals surface area contributed by atoms with Gasteiger partial charge in [0, 0.05) is 12.7 Å². The van der Waals surface area contributed by atoms with Gasteiger partial charge < -0.3 is 0 Å². The number of nitrogens with one attached hydrogen (secondary N) is 1. The highest BCUT2D eigenvalue weighted by molar-refractivity contribution is 7.89. The zero-order valence-electron chi connectivity index (χ0n) is 8.00. The van der Waals surface area contributed by atoms with Gasteiger partial charge in [-0.05, 0) is 12.5 Å². The van der Waals surface area contributed by atoms with Crippen molar-refractivity contribution < 1.29 is 8.42 Å². The van der Waals surface area contributed by atoms with E-state index in [0.29, 0.717) is 13.0 Å². The first kappa shape index (κ1) is 12.7. The molecule has 4 nitrogen and oxygen atoms in total. The van der Waals surface area contributed by atoms with E-state index in [4.69, 9.17) is 23.2 Å². The van der Waals surface area contributed by atoms with Crippen LogP contribution in [0.2, 0.25) is 10.2 Å². The van der Waals surface area contributed by atoms with Crippen molar-refractivity contribution in [2.24, 2.45) is 0 Å². The summed E-state index contributed by atoms with van der Waals surface area (Å²) in [4.78, 5) is 3.69. The molecular formula is C8H10Cl2N2O2S.